The van der Waals surface area contributed by atoms with Crippen molar-refractivity contribution in [3.05, 3.63) is 54.1 Å². The second kappa shape index (κ2) is 8.29. The smallest absolute Gasteiger partial charge is 0.123 e. The lowest BCUT2D eigenvalue weighted by Gasteiger charge is -2.14. The minimum Gasteiger partial charge on any atom is -0.497 e. The van der Waals surface area contributed by atoms with Gasteiger partial charge in [-0.3, -0.25) is 0 Å². The minimum atomic E-state index is -0.00126. The molecule has 0 saturated heterocycles. The van der Waals surface area contributed by atoms with E-state index in [1.165, 1.54) is 0 Å². The lowest BCUT2D eigenvalue weighted by Crippen LogP contribution is -2.17. The fourth-order valence-electron chi connectivity index (χ4n) is 2.07. The molecular formula is C18H22O4. The maximum absolute atomic E-state index is 5.81. The highest BCUT2D eigenvalue weighted by molar-refractivity contribution is 5.34. The van der Waals surface area contributed by atoms with E-state index in [1.807, 2.05) is 55.5 Å². The van der Waals surface area contributed by atoms with Crippen molar-refractivity contribution in [2.45, 2.75) is 19.6 Å². The summed E-state index contributed by atoms with van der Waals surface area (Å²) in [6, 6.07) is 15.4. The van der Waals surface area contributed by atoms with Gasteiger partial charge in [-0.2, -0.15) is 0 Å². The average Bonchev–Trinajstić information content (AvgIpc) is 2.54. The number of rotatable bonds is 8. The predicted octanol–water partition coefficient (Wildman–Crippen LogP) is 3.69. The third-order valence-corrected chi connectivity index (χ3v) is 3.08. The molecule has 0 aliphatic carbocycles. The normalized spacial score (nSPS) is 11.8. The number of hydrogen-bond donors (Lipinski definition) is 0. The van der Waals surface area contributed by atoms with Gasteiger partial charge in [0.1, 0.15) is 30.0 Å². The van der Waals surface area contributed by atoms with Crippen molar-refractivity contribution in [3.63, 3.8) is 0 Å². The molecule has 2 aromatic rings. The average molecular weight is 302 g/mol. The zero-order chi connectivity index (χ0) is 15.8. The van der Waals surface area contributed by atoms with Crippen LogP contribution in [0.4, 0.5) is 0 Å². The van der Waals surface area contributed by atoms with Crippen molar-refractivity contribution in [2.24, 2.45) is 0 Å². The first-order valence-electron chi connectivity index (χ1n) is 7.22. The van der Waals surface area contributed by atoms with Gasteiger partial charge in [0.15, 0.2) is 0 Å². The third kappa shape index (κ3) is 4.97. The molecule has 0 aliphatic heterocycles. The summed E-state index contributed by atoms with van der Waals surface area (Å²) in [5.41, 5.74) is 1.05. The summed E-state index contributed by atoms with van der Waals surface area (Å²) in [6.45, 7) is 3.00. The van der Waals surface area contributed by atoms with Gasteiger partial charge in [-0.1, -0.05) is 18.2 Å². The molecule has 22 heavy (non-hydrogen) atoms. The molecule has 0 radical (unpaired) electrons. The molecule has 0 aromatic heterocycles. The molecule has 4 nitrogen and oxygen atoms in total. The number of ether oxygens (including phenoxy) is 4. The molecule has 2 aromatic carbocycles. The summed E-state index contributed by atoms with van der Waals surface area (Å²) in [6.07, 6.45) is -0.00126. The summed E-state index contributed by atoms with van der Waals surface area (Å²) in [7, 11) is 3.31. The Kier molecular flexibility index (Phi) is 6.10. The second-order valence-electron chi connectivity index (χ2n) is 5.00. The molecule has 0 spiro atoms. The highest BCUT2D eigenvalue weighted by atomic mass is 16.5. The fourth-order valence-corrected chi connectivity index (χ4v) is 2.07. The van der Waals surface area contributed by atoms with Gasteiger partial charge in [-0.25, -0.2) is 0 Å². The Balaban J connectivity index is 1.95. The number of benzene rings is 2. The maximum atomic E-state index is 5.81. The Labute approximate surface area is 131 Å². The molecule has 0 aliphatic rings. The summed E-state index contributed by atoms with van der Waals surface area (Å²) < 4.78 is 21.8. The van der Waals surface area contributed by atoms with Crippen molar-refractivity contribution in [1.82, 2.24) is 0 Å². The monoisotopic (exact) mass is 302 g/mol. The van der Waals surface area contributed by atoms with Crippen LogP contribution in [0.25, 0.3) is 0 Å². The fraction of sp³-hybridized carbons (Fsp3) is 0.333. The number of methoxy groups -OCH3 is 2. The van der Waals surface area contributed by atoms with Gasteiger partial charge >= 0.3 is 0 Å². The zero-order valence-electron chi connectivity index (χ0n) is 13.2. The second-order valence-corrected chi connectivity index (χ2v) is 5.00. The van der Waals surface area contributed by atoms with E-state index in [0.29, 0.717) is 13.2 Å². The SMILES string of the molecule is COC[C@H](C)Oc1cccc(OCc2cccc(OC)c2)c1. The lowest BCUT2D eigenvalue weighted by molar-refractivity contribution is 0.0918. The largest absolute Gasteiger partial charge is 0.497 e. The summed E-state index contributed by atoms with van der Waals surface area (Å²) >= 11 is 0. The first kappa shape index (κ1) is 16.2. The number of hydrogen-bond acceptors (Lipinski definition) is 4. The quantitative estimate of drug-likeness (QED) is 0.745. The standard InChI is InChI=1S/C18H22O4/c1-14(12-19-2)22-18-9-5-8-17(11-18)21-13-15-6-4-7-16(10-15)20-3/h4-11,14H,12-13H2,1-3H3/t14-/m0/s1. The lowest BCUT2D eigenvalue weighted by atomic mass is 10.2. The van der Waals surface area contributed by atoms with Gasteiger partial charge in [0.05, 0.1) is 13.7 Å². The van der Waals surface area contributed by atoms with E-state index in [9.17, 15) is 0 Å². The van der Waals surface area contributed by atoms with E-state index < -0.39 is 0 Å². The molecule has 4 heteroatoms. The Bertz CT molecular complexity index is 583. The van der Waals surface area contributed by atoms with Crippen LogP contribution in [0.1, 0.15) is 12.5 Å². The molecule has 0 saturated carbocycles. The van der Waals surface area contributed by atoms with Gasteiger partial charge in [0.25, 0.3) is 0 Å². The van der Waals surface area contributed by atoms with Crippen molar-refractivity contribution < 1.29 is 18.9 Å². The van der Waals surface area contributed by atoms with Crippen molar-refractivity contribution in [2.75, 3.05) is 20.8 Å². The minimum absolute atomic E-state index is 0.00126. The molecule has 0 fully saturated rings. The maximum Gasteiger partial charge on any atom is 0.123 e. The molecule has 0 heterocycles. The molecule has 0 bridgehead atoms. The van der Waals surface area contributed by atoms with Gasteiger partial charge in [-0.15, -0.1) is 0 Å². The van der Waals surface area contributed by atoms with Gasteiger partial charge in [0.2, 0.25) is 0 Å². The molecular weight excluding hydrogens is 280 g/mol. The molecule has 0 N–H and O–H groups in total. The summed E-state index contributed by atoms with van der Waals surface area (Å²) in [5.74, 6) is 2.37. The van der Waals surface area contributed by atoms with E-state index in [1.54, 1.807) is 14.2 Å². The van der Waals surface area contributed by atoms with Crippen LogP contribution < -0.4 is 14.2 Å². The molecule has 118 valence electrons. The van der Waals surface area contributed by atoms with Crippen LogP contribution in [0.5, 0.6) is 17.2 Å². The van der Waals surface area contributed by atoms with E-state index >= 15 is 0 Å². The Hall–Kier alpha value is -2.20. The summed E-state index contributed by atoms with van der Waals surface area (Å²) in [5, 5.41) is 0. The van der Waals surface area contributed by atoms with E-state index in [2.05, 4.69) is 0 Å². The van der Waals surface area contributed by atoms with E-state index in [0.717, 1.165) is 22.8 Å². The van der Waals surface area contributed by atoms with E-state index in [-0.39, 0.29) is 6.10 Å². The van der Waals surface area contributed by atoms with Crippen LogP contribution in [0.3, 0.4) is 0 Å². The zero-order valence-corrected chi connectivity index (χ0v) is 13.2. The highest BCUT2D eigenvalue weighted by Gasteiger charge is 2.05. The predicted molar refractivity (Wildman–Crippen MR) is 85.7 cm³/mol. The van der Waals surface area contributed by atoms with Crippen molar-refractivity contribution in [3.8, 4) is 17.2 Å². The van der Waals surface area contributed by atoms with Crippen LogP contribution in [-0.4, -0.2) is 26.9 Å². The third-order valence-electron chi connectivity index (χ3n) is 3.08. The highest BCUT2D eigenvalue weighted by Crippen LogP contribution is 2.22. The van der Waals surface area contributed by atoms with Crippen molar-refractivity contribution >= 4 is 0 Å². The first-order valence-corrected chi connectivity index (χ1v) is 7.22. The van der Waals surface area contributed by atoms with Gasteiger partial charge < -0.3 is 18.9 Å². The van der Waals surface area contributed by atoms with Crippen LogP contribution in [0.2, 0.25) is 0 Å². The Morgan fingerprint density at radius 3 is 2.41 bits per heavy atom. The van der Waals surface area contributed by atoms with Crippen LogP contribution in [-0.2, 0) is 11.3 Å². The van der Waals surface area contributed by atoms with Crippen LogP contribution >= 0.6 is 0 Å². The van der Waals surface area contributed by atoms with Crippen molar-refractivity contribution in [1.29, 1.82) is 0 Å². The van der Waals surface area contributed by atoms with Crippen LogP contribution in [0.15, 0.2) is 48.5 Å². The van der Waals surface area contributed by atoms with E-state index in [4.69, 9.17) is 18.9 Å². The Morgan fingerprint density at radius 1 is 0.909 bits per heavy atom. The van der Waals surface area contributed by atoms with Gasteiger partial charge in [-0.05, 0) is 36.8 Å². The summed E-state index contributed by atoms with van der Waals surface area (Å²) in [4.78, 5) is 0. The Morgan fingerprint density at radius 2 is 1.64 bits per heavy atom. The topological polar surface area (TPSA) is 36.9 Å². The first-order chi connectivity index (χ1) is 10.7. The van der Waals surface area contributed by atoms with Crippen LogP contribution in [0, 0.1) is 0 Å². The molecule has 2 rings (SSSR count). The molecule has 0 unspecified atom stereocenters. The molecule has 0 amide bonds. The van der Waals surface area contributed by atoms with Gasteiger partial charge in [0, 0.05) is 13.2 Å². The molecule has 1 atom stereocenters.